The topological polar surface area (TPSA) is 231 Å². The fourth-order valence-electron chi connectivity index (χ4n) is 8.21. The lowest BCUT2D eigenvalue weighted by Gasteiger charge is -2.34. The smallest absolute Gasteiger partial charge is 0.322 e. The molecule has 0 fully saturated rings. The van der Waals surface area contributed by atoms with E-state index in [1.54, 1.807) is 39.8 Å². The van der Waals surface area contributed by atoms with Crippen molar-refractivity contribution in [1.29, 1.82) is 0 Å². The number of unbranched alkanes of at least 4 members (excludes halogenated alkanes) is 1. The zero-order valence-electron chi connectivity index (χ0n) is 32.9. The lowest BCUT2D eigenvalue weighted by atomic mass is 9.80. The number of methoxy groups -OCH3 is 1. The van der Waals surface area contributed by atoms with E-state index < -0.39 is 46.9 Å². The van der Waals surface area contributed by atoms with Crippen LogP contribution in [0.15, 0.2) is 18.2 Å². The standard InChI is InChI=1S/C41H50N6O9/c1-8-41(54)31-17-28-22(5)33-36(45-28)34(38(51)47(37(33)50)15-11-10-12-25(42)39(52)56-9-2)35-23(13-14-32(49)55-7)20(3)27(44-35)16-26-21(4)24(19-48)29(43-26)18-30(46-31)40(41,6)53/h16-20,23,25,44-45,53-54H,8-15,42H2,1-7H3/t20-,23-,25?,40?,41?/m0/s1. The van der Waals surface area contributed by atoms with Crippen LogP contribution in [0.5, 0.6) is 0 Å². The fraction of sp³-hybridized carbons (Fsp3) is 0.488. The number of fused-ring (bicyclic) bond motifs is 8. The second-order valence-electron chi connectivity index (χ2n) is 15.0. The number of hydrogen-bond donors (Lipinski definition) is 5. The van der Waals surface area contributed by atoms with E-state index in [9.17, 15) is 34.2 Å². The Morgan fingerprint density at radius 1 is 1.04 bits per heavy atom. The molecule has 6 heterocycles. The first kappa shape index (κ1) is 40.4. The molecule has 56 heavy (non-hydrogen) atoms. The SMILES string of the molecule is CCOC(=O)C(N)CCCCN1C(=O)c2c3[nH]c(cc4nc(cc5nc(cc6[nH]c2c(c6C)C1=O)C(O)(CC)C5(C)O)C(C=O)=C4C)[C@@H](C)[C@@H]3CCC(=O)OC. The number of allylic oxidation sites excluding steroid dienone is 2. The highest BCUT2D eigenvalue weighted by molar-refractivity contribution is 6.23. The van der Waals surface area contributed by atoms with Gasteiger partial charge in [0.05, 0.1) is 53.1 Å². The maximum absolute atomic E-state index is 14.8. The summed E-state index contributed by atoms with van der Waals surface area (Å²) in [5.41, 5.74) is 6.77. The number of hydrogen-bond acceptors (Lipinski definition) is 12. The zero-order chi connectivity index (χ0) is 40.9. The molecular formula is C41H50N6O9. The lowest BCUT2D eigenvalue weighted by Crippen LogP contribution is -2.43. The number of aldehydes is 1. The minimum Gasteiger partial charge on any atom is -0.469 e. The quantitative estimate of drug-likeness (QED) is 0.0871. The number of imide groups is 1. The molecule has 5 atom stereocenters. The van der Waals surface area contributed by atoms with E-state index in [2.05, 4.69) is 9.97 Å². The molecule has 0 saturated carbocycles. The Kier molecular flexibility index (Phi) is 11.1. The summed E-state index contributed by atoms with van der Waals surface area (Å²) in [5, 5.41) is 24.0. The molecule has 298 valence electrons. The predicted molar refractivity (Wildman–Crippen MR) is 206 cm³/mol. The van der Waals surface area contributed by atoms with E-state index >= 15 is 0 Å². The highest BCUT2D eigenvalue weighted by Crippen LogP contribution is 2.48. The first-order valence-corrected chi connectivity index (χ1v) is 19.1. The van der Waals surface area contributed by atoms with Gasteiger partial charge in [0.15, 0.2) is 6.29 Å². The van der Waals surface area contributed by atoms with Crippen molar-refractivity contribution in [2.75, 3.05) is 20.3 Å². The van der Waals surface area contributed by atoms with E-state index in [-0.39, 0.29) is 71.2 Å². The number of esters is 2. The van der Waals surface area contributed by atoms with Gasteiger partial charge < -0.3 is 35.4 Å². The summed E-state index contributed by atoms with van der Waals surface area (Å²) >= 11 is 0. The number of carbonyl (C=O) groups excluding carboxylic acids is 5. The van der Waals surface area contributed by atoms with E-state index in [0.29, 0.717) is 65.7 Å². The maximum Gasteiger partial charge on any atom is 0.322 e. The number of nitrogens with zero attached hydrogens (tertiary/aromatic N) is 3. The molecule has 0 radical (unpaired) electrons. The summed E-state index contributed by atoms with van der Waals surface area (Å²) in [4.78, 5) is 83.7. The lowest BCUT2D eigenvalue weighted by molar-refractivity contribution is -0.149. The Hall–Kier alpha value is -5.25. The van der Waals surface area contributed by atoms with Crippen molar-refractivity contribution in [2.45, 2.75) is 109 Å². The van der Waals surface area contributed by atoms with Gasteiger partial charge in [0.25, 0.3) is 11.8 Å². The molecule has 8 bridgehead atoms. The average molecular weight is 771 g/mol. The number of aliphatic hydroxyl groups is 2. The van der Waals surface area contributed by atoms with Crippen LogP contribution in [0.3, 0.4) is 0 Å². The van der Waals surface area contributed by atoms with Crippen LogP contribution in [0.1, 0.15) is 145 Å². The number of ether oxygens (including phenoxy) is 2. The summed E-state index contributed by atoms with van der Waals surface area (Å²) in [6.45, 7) is 10.5. The Labute approximate surface area is 324 Å². The van der Waals surface area contributed by atoms with Crippen LogP contribution in [0.25, 0.3) is 22.2 Å². The minimum absolute atomic E-state index is 0.0331. The Morgan fingerprint density at radius 3 is 2.41 bits per heavy atom. The number of nitrogens with one attached hydrogen (secondary N) is 2. The molecule has 0 spiro atoms. The van der Waals surface area contributed by atoms with Gasteiger partial charge in [0, 0.05) is 47.3 Å². The molecule has 15 heteroatoms. The van der Waals surface area contributed by atoms with Crippen LogP contribution >= 0.6 is 0 Å². The van der Waals surface area contributed by atoms with Gasteiger partial charge in [-0.25, -0.2) is 4.98 Å². The van der Waals surface area contributed by atoms with Crippen LogP contribution in [0, 0.1) is 6.92 Å². The second kappa shape index (κ2) is 15.4. The second-order valence-corrected chi connectivity index (χ2v) is 15.0. The predicted octanol–water partition coefficient (Wildman–Crippen LogP) is 4.48. The van der Waals surface area contributed by atoms with Gasteiger partial charge in [0.2, 0.25) is 0 Å². The van der Waals surface area contributed by atoms with Gasteiger partial charge in [0.1, 0.15) is 17.2 Å². The molecule has 15 nitrogen and oxygen atoms in total. The Morgan fingerprint density at radius 2 is 1.75 bits per heavy atom. The molecule has 6 N–H and O–H groups in total. The monoisotopic (exact) mass is 770 g/mol. The summed E-state index contributed by atoms with van der Waals surface area (Å²) < 4.78 is 10.00. The molecular weight excluding hydrogens is 720 g/mol. The highest BCUT2D eigenvalue weighted by atomic mass is 16.5. The molecule has 4 aliphatic heterocycles. The number of aromatic amines is 2. The summed E-state index contributed by atoms with van der Waals surface area (Å²) in [7, 11) is 1.31. The van der Waals surface area contributed by atoms with Crippen LogP contribution in [-0.4, -0.2) is 91.4 Å². The molecule has 4 aliphatic rings. The molecule has 3 unspecified atom stereocenters. The maximum atomic E-state index is 14.8. The van der Waals surface area contributed by atoms with Crippen molar-refractivity contribution in [3.05, 3.63) is 69.1 Å². The number of aromatic nitrogens is 4. The first-order valence-electron chi connectivity index (χ1n) is 19.1. The van der Waals surface area contributed by atoms with Gasteiger partial charge in [-0.1, -0.05) is 13.8 Å². The van der Waals surface area contributed by atoms with Crippen LogP contribution in [0.4, 0.5) is 0 Å². The number of nitrogens with two attached hydrogens (primary N) is 1. The number of H-pyrrole nitrogens is 2. The van der Waals surface area contributed by atoms with Crippen LogP contribution in [0.2, 0.25) is 0 Å². The van der Waals surface area contributed by atoms with E-state index in [4.69, 9.17) is 25.2 Å². The molecule has 6 rings (SSSR count). The molecule has 0 aromatic carbocycles. The summed E-state index contributed by atoms with van der Waals surface area (Å²) in [6.07, 6.45) is 2.20. The van der Waals surface area contributed by atoms with Crippen LogP contribution in [-0.2, 0) is 35.1 Å². The van der Waals surface area contributed by atoms with E-state index in [1.165, 1.54) is 25.0 Å². The number of carbonyl (C=O) groups is 5. The van der Waals surface area contributed by atoms with Gasteiger partial charge in [-0.05, 0) is 89.1 Å². The zero-order valence-corrected chi connectivity index (χ0v) is 32.9. The normalized spacial score (nSPS) is 22.9. The third-order valence-electron chi connectivity index (χ3n) is 11.8. The Bertz CT molecular complexity index is 2230. The summed E-state index contributed by atoms with van der Waals surface area (Å²) in [5.74, 6) is -2.73. The fourth-order valence-corrected chi connectivity index (χ4v) is 8.21. The van der Waals surface area contributed by atoms with Crippen molar-refractivity contribution in [3.63, 3.8) is 0 Å². The highest BCUT2D eigenvalue weighted by Gasteiger charge is 2.53. The average Bonchev–Trinajstić information content (AvgIpc) is 3.81. The molecule has 0 saturated heterocycles. The Balaban J connectivity index is 1.64. The van der Waals surface area contributed by atoms with Crippen molar-refractivity contribution in [2.24, 2.45) is 5.73 Å². The van der Waals surface area contributed by atoms with Crippen molar-refractivity contribution < 1.29 is 43.7 Å². The molecule has 0 aliphatic carbocycles. The largest absolute Gasteiger partial charge is 0.469 e. The number of rotatable bonds is 12. The minimum atomic E-state index is -1.90. The third-order valence-corrected chi connectivity index (χ3v) is 11.8. The van der Waals surface area contributed by atoms with Gasteiger partial charge in [-0.3, -0.25) is 33.9 Å². The van der Waals surface area contributed by atoms with Gasteiger partial charge >= 0.3 is 11.9 Å². The molecule has 2 aromatic heterocycles. The van der Waals surface area contributed by atoms with Crippen LogP contribution < -0.4 is 5.73 Å². The van der Waals surface area contributed by atoms with Gasteiger partial charge in [-0.15, -0.1) is 0 Å². The van der Waals surface area contributed by atoms with Crippen molar-refractivity contribution in [1.82, 2.24) is 24.8 Å². The molecule has 2 aromatic rings. The van der Waals surface area contributed by atoms with E-state index in [1.807, 2.05) is 6.92 Å². The first-order chi connectivity index (χ1) is 26.5. The number of amides is 2. The van der Waals surface area contributed by atoms with E-state index in [0.717, 1.165) is 0 Å². The van der Waals surface area contributed by atoms with Crippen molar-refractivity contribution >= 4 is 52.2 Å². The summed E-state index contributed by atoms with van der Waals surface area (Å²) in [6, 6.07) is 4.03. The number of aryl methyl sites for hydroxylation is 1. The third kappa shape index (κ3) is 6.60. The molecule has 2 amide bonds. The van der Waals surface area contributed by atoms with Gasteiger partial charge in [-0.2, -0.15) is 0 Å². The van der Waals surface area contributed by atoms with Crippen molar-refractivity contribution in [3.8, 4) is 0 Å².